The van der Waals surface area contributed by atoms with E-state index in [-0.39, 0.29) is 0 Å². The lowest BCUT2D eigenvalue weighted by molar-refractivity contribution is 0.121. The number of hydrogen-bond donors (Lipinski definition) is 2. The second-order valence-corrected chi connectivity index (χ2v) is 1.89. The molecule has 0 aliphatic carbocycles. The van der Waals surface area contributed by atoms with Crippen molar-refractivity contribution in [1.29, 1.82) is 0 Å². The van der Waals surface area contributed by atoms with E-state index in [0.717, 1.165) is 5.69 Å². The van der Waals surface area contributed by atoms with Crippen LogP contribution in [0.25, 0.3) is 0 Å². The molecule has 54 valence electrons. The molecule has 0 spiro atoms. The highest BCUT2D eigenvalue weighted by Gasteiger charge is 1.90. The molecule has 0 radical (unpaired) electrons. The van der Waals surface area contributed by atoms with Gasteiger partial charge in [0.05, 0.1) is 17.6 Å². The van der Waals surface area contributed by atoms with Gasteiger partial charge in [-0.15, -0.1) is 0 Å². The Balaban J connectivity index is 2.69. The molecule has 0 aromatic carbocycles. The highest BCUT2D eigenvalue weighted by Crippen LogP contribution is 2.00. The molecule has 0 bridgehead atoms. The van der Waals surface area contributed by atoms with Gasteiger partial charge in [-0.05, 0) is 12.1 Å². The molecule has 0 aliphatic rings. The third-order valence-corrected chi connectivity index (χ3v) is 1.08. The molecular formula is C6H9N3O. The van der Waals surface area contributed by atoms with E-state index in [4.69, 9.17) is 11.6 Å². The molecule has 0 saturated carbocycles. The van der Waals surface area contributed by atoms with Crippen molar-refractivity contribution in [2.24, 2.45) is 5.90 Å². The largest absolute Gasteiger partial charge is 0.397 e. The van der Waals surface area contributed by atoms with Crippen molar-refractivity contribution in [3.8, 4) is 0 Å². The Morgan fingerprint density at radius 1 is 1.50 bits per heavy atom. The fourth-order valence-electron chi connectivity index (χ4n) is 0.607. The van der Waals surface area contributed by atoms with E-state index in [1.807, 2.05) is 0 Å². The summed E-state index contributed by atoms with van der Waals surface area (Å²) in [4.78, 5) is 8.30. The highest BCUT2D eigenvalue weighted by molar-refractivity contribution is 5.34. The maximum Gasteiger partial charge on any atom is 0.110 e. The maximum atomic E-state index is 5.39. The van der Waals surface area contributed by atoms with Crippen molar-refractivity contribution < 1.29 is 4.84 Å². The first kappa shape index (κ1) is 6.98. The van der Waals surface area contributed by atoms with Crippen molar-refractivity contribution in [3.63, 3.8) is 0 Å². The lowest BCUT2D eigenvalue weighted by atomic mass is 10.3. The van der Waals surface area contributed by atoms with Gasteiger partial charge in [-0.1, -0.05) is 0 Å². The molecule has 0 aliphatic heterocycles. The Kier molecular flexibility index (Phi) is 2.20. The summed E-state index contributed by atoms with van der Waals surface area (Å²) < 4.78 is 0. The summed E-state index contributed by atoms with van der Waals surface area (Å²) in [6.45, 7) is 0.320. The molecule has 1 aromatic rings. The van der Waals surface area contributed by atoms with E-state index in [2.05, 4.69) is 9.82 Å². The molecule has 0 saturated heterocycles. The SMILES string of the molecule is NOCc1ccc(N)cn1. The average Bonchev–Trinajstić information content (AvgIpc) is 1.95. The lowest BCUT2D eigenvalue weighted by Gasteiger charge is -1.96. The van der Waals surface area contributed by atoms with E-state index >= 15 is 0 Å². The van der Waals surface area contributed by atoms with Crippen LogP contribution in [0.2, 0.25) is 0 Å². The van der Waals surface area contributed by atoms with Crippen LogP contribution in [-0.2, 0) is 11.4 Å². The number of nitrogen functional groups attached to an aromatic ring is 1. The lowest BCUT2D eigenvalue weighted by Crippen LogP contribution is -2.00. The second kappa shape index (κ2) is 3.14. The van der Waals surface area contributed by atoms with Gasteiger partial charge in [0.25, 0.3) is 0 Å². The third kappa shape index (κ3) is 1.68. The minimum atomic E-state index is 0.320. The molecule has 4 N–H and O–H groups in total. The number of nitrogens with two attached hydrogens (primary N) is 2. The number of anilines is 1. The van der Waals surface area contributed by atoms with Gasteiger partial charge in [-0.25, -0.2) is 5.90 Å². The summed E-state index contributed by atoms with van der Waals surface area (Å²) in [6, 6.07) is 3.52. The number of nitrogens with zero attached hydrogens (tertiary/aromatic N) is 1. The number of aromatic nitrogens is 1. The van der Waals surface area contributed by atoms with Crippen LogP contribution < -0.4 is 11.6 Å². The van der Waals surface area contributed by atoms with E-state index < -0.39 is 0 Å². The zero-order chi connectivity index (χ0) is 7.40. The molecule has 1 rings (SSSR count). The highest BCUT2D eigenvalue weighted by atomic mass is 16.6. The summed E-state index contributed by atoms with van der Waals surface area (Å²) >= 11 is 0. The minimum Gasteiger partial charge on any atom is -0.397 e. The topological polar surface area (TPSA) is 74.2 Å². The van der Waals surface area contributed by atoms with Crippen LogP contribution in [0, 0.1) is 0 Å². The first-order chi connectivity index (χ1) is 4.83. The molecule has 1 heterocycles. The van der Waals surface area contributed by atoms with Crippen LogP contribution >= 0.6 is 0 Å². The fraction of sp³-hybridized carbons (Fsp3) is 0.167. The second-order valence-electron chi connectivity index (χ2n) is 1.89. The molecule has 0 amide bonds. The van der Waals surface area contributed by atoms with Crippen molar-refractivity contribution in [2.45, 2.75) is 6.61 Å². The normalized spacial score (nSPS) is 9.70. The van der Waals surface area contributed by atoms with Crippen molar-refractivity contribution >= 4 is 5.69 Å². The zero-order valence-electron chi connectivity index (χ0n) is 5.45. The van der Waals surface area contributed by atoms with E-state index in [0.29, 0.717) is 12.3 Å². The Hall–Kier alpha value is -1.13. The Bertz CT molecular complexity index is 197. The quantitative estimate of drug-likeness (QED) is 0.568. The van der Waals surface area contributed by atoms with Gasteiger partial charge < -0.3 is 5.73 Å². The standard InChI is InChI=1S/C6H9N3O/c7-5-1-2-6(4-10-8)9-3-5/h1-3H,4,7-8H2. The van der Waals surface area contributed by atoms with Crippen LogP contribution in [-0.4, -0.2) is 4.98 Å². The summed E-state index contributed by atoms with van der Waals surface area (Å²) in [6.07, 6.45) is 1.56. The number of hydrogen-bond acceptors (Lipinski definition) is 4. The van der Waals surface area contributed by atoms with Crippen LogP contribution in [0.5, 0.6) is 0 Å². The fourth-order valence-corrected chi connectivity index (χ4v) is 0.607. The van der Waals surface area contributed by atoms with Gasteiger partial charge in [0.15, 0.2) is 0 Å². The summed E-state index contributed by atoms with van der Waals surface area (Å²) in [5, 5.41) is 0. The molecule has 10 heavy (non-hydrogen) atoms. The average molecular weight is 139 g/mol. The molecular weight excluding hydrogens is 130 g/mol. The van der Waals surface area contributed by atoms with Crippen LogP contribution in [0.1, 0.15) is 5.69 Å². The smallest absolute Gasteiger partial charge is 0.110 e. The predicted octanol–water partition coefficient (Wildman–Crippen LogP) is 0.0541. The van der Waals surface area contributed by atoms with Crippen molar-refractivity contribution in [3.05, 3.63) is 24.0 Å². The van der Waals surface area contributed by atoms with Gasteiger partial charge in [0.2, 0.25) is 0 Å². The molecule has 1 aromatic heterocycles. The van der Waals surface area contributed by atoms with Gasteiger partial charge in [-0.3, -0.25) is 9.82 Å². The maximum absolute atomic E-state index is 5.39. The number of rotatable bonds is 2. The summed E-state index contributed by atoms with van der Waals surface area (Å²) in [5.41, 5.74) is 6.80. The van der Waals surface area contributed by atoms with Crippen molar-refractivity contribution in [2.75, 3.05) is 5.73 Å². The Morgan fingerprint density at radius 3 is 2.80 bits per heavy atom. The molecule has 4 nitrogen and oxygen atoms in total. The Labute approximate surface area is 58.8 Å². The van der Waals surface area contributed by atoms with E-state index in [9.17, 15) is 0 Å². The predicted molar refractivity (Wildman–Crippen MR) is 37.6 cm³/mol. The Morgan fingerprint density at radius 2 is 2.30 bits per heavy atom. The molecule has 4 heteroatoms. The minimum absolute atomic E-state index is 0.320. The molecule has 0 fully saturated rings. The zero-order valence-corrected chi connectivity index (χ0v) is 5.45. The molecule has 0 atom stereocenters. The first-order valence-corrected chi connectivity index (χ1v) is 2.85. The van der Waals surface area contributed by atoms with Gasteiger partial charge in [0.1, 0.15) is 6.61 Å². The third-order valence-electron chi connectivity index (χ3n) is 1.08. The van der Waals surface area contributed by atoms with Crippen molar-refractivity contribution in [1.82, 2.24) is 4.98 Å². The molecule has 0 unspecified atom stereocenters. The van der Waals surface area contributed by atoms with Crippen LogP contribution in [0.15, 0.2) is 18.3 Å². The monoisotopic (exact) mass is 139 g/mol. The van der Waals surface area contributed by atoms with Crippen LogP contribution in [0.4, 0.5) is 5.69 Å². The summed E-state index contributed by atoms with van der Waals surface area (Å²) in [7, 11) is 0. The van der Waals surface area contributed by atoms with E-state index in [1.165, 1.54) is 0 Å². The van der Waals surface area contributed by atoms with E-state index in [1.54, 1.807) is 18.3 Å². The van der Waals surface area contributed by atoms with Gasteiger partial charge in [-0.2, -0.15) is 0 Å². The van der Waals surface area contributed by atoms with Crippen LogP contribution in [0.3, 0.4) is 0 Å². The summed E-state index contributed by atoms with van der Waals surface area (Å²) in [5.74, 6) is 4.83. The first-order valence-electron chi connectivity index (χ1n) is 2.85. The van der Waals surface area contributed by atoms with Gasteiger partial charge in [0, 0.05) is 0 Å². The number of pyridine rings is 1. The van der Waals surface area contributed by atoms with Gasteiger partial charge >= 0.3 is 0 Å².